The number of benzene rings is 1. The zero-order valence-corrected chi connectivity index (χ0v) is 13.1. The summed E-state index contributed by atoms with van der Waals surface area (Å²) in [6.45, 7) is 7.21. The Bertz CT molecular complexity index is 683. The van der Waals surface area contributed by atoms with E-state index in [2.05, 4.69) is 72.3 Å². The number of allylic oxidation sites excluding steroid dienone is 4. The van der Waals surface area contributed by atoms with Crippen LogP contribution in [0.1, 0.15) is 31.2 Å². The van der Waals surface area contributed by atoms with Crippen LogP contribution < -0.4 is 0 Å². The van der Waals surface area contributed by atoms with Crippen molar-refractivity contribution in [2.24, 2.45) is 22.1 Å². The van der Waals surface area contributed by atoms with Gasteiger partial charge in [0.15, 0.2) is 0 Å². The first-order valence-corrected chi connectivity index (χ1v) is 8.18. The van der Waals surface area contributed by atoms with Crippen molar-refractivity contribution >= 4 is 0 Å². The molecule has 0 bridgehead atoms. The highest BCUT2D eigenvalue weighted by molar-refractivity contribution is 5.47. The largest absolute Gasteiger partial charge is 0.193 e. The molecule has 2 heteroatoms. The van der Waals surface area contributed by atoms with Crippen LogP contribution in [0, 0.1) is 11.8 Å². The lowest BCUT2D eigenvalue weighted by molar-refractivity contribution is 0.269. The molecular weight excluding hydrogens is 268 g/mol. The molecule has 0 aromatic heterocycles. The van der Waals surface area contributed by atoms with Crippen LogP contribution in [0.25, 0.3) is 0 Å². The Morgan fingerprint density at radius 1 is 1.27 bits per heavy atom. The SMILES string of the molecule is C=C[C@H]1C2=CC(c3ccccc3)CC=C2CC2(C)N=NCC12. The van der Waals surface area contributed by atoms with Gasteiger partial charge >= 0.3 is 0 Å². The average Bonchev–Trinajstić information content (AvgIpc) is 2.94. The van der Waals surface area contributed by atoms with Crippen molar-refractivity contribution in [1.82, 2.24) is 0 Å². The zero-order valence-electron chi connectivity index (χ0n) is 13.1. The second-order valence-corrected chi connectivity index (χ2v) is 6.93. The standard InChI is InChI=1S/C20H22N2/c1-3-17-18-11-15(14-7-5-4-6-8-14)9-10-16(18)12-20(2)19(17)13-21-22-20/h3-8,10-11,15,17,19H,1,9,12-13H2,2H3/t15?,17-,19?,20?/m0/s1. The Labute approximate surface area is 132 Å². The fourth-order valence-electron chi connectivity index (χ4n) is 4.33. The molecule has 4 atom stereocenters. The van der Waals surface area contributed by atoms with Gasteiger partial charge < -0.3 is 0 Å². The van der Waals surface area contributed by atoms with Crippen LogP contribution in [0.5, 0.6) is 0 Å². The average molecular weight is 290 g/mol. The van der Waals surface area contributed by atoms with E-state index in [1.165, 1.54) is 16.7 Å². The molecule has 1 fully saturated rings. The molecule has 1 aromatic carbocycles. The molecular formula is C20H22N2. The molecule has 0 radical (unpaired) electrons. The number of rotatable bonds is 2. The van der Waals surface area contributed by atoms with Crippen LogP contribution in [0.4, 0.5) is 0 Å². The van der Waals surface area contributed by atoms with Gasteiger partial charge in [-0.2, -0.15) is 10.2 Å². The molecule has 1 heterocycles. The summed E-state index contributed by atoms with van der Waals surface area (Å²) in [4.78, 5) is 0. The Kier molecular flexibility index (Phi) is 3.14. The minimum Gasteiger partial charge on any atom is -0.193 e. The van der Waals surface area contributed by atoms with Crippen molar-refractivity contribution < 1.29 is 0 Å². The maximum atomic E-state index is 4.57. The predicted octanol–water partition coefficient (Wildman–Crippen LogP) is 5.07. The van der Waals surface area contributed by atoms with Crippen LogP contribution in [-0.2, 0) is 0 Å². The van der Waals surface area contributed by atoms with Gasteiger partial charge in [-0.05, 0) is 36.5 Å². The molecule has 0 spiro atoms. The van der Waals surface area contributed by atoms with Gasteiger partial charge in [0.25, 0.3) is 0 Å². The van der Waals surface area contributed by atoms with E-state index in [0.29, 0.717) is 17.8 Å². The molecule has 1 aliphatic heterocycles. The summed E-state index contributed by atoms with van der Waals surface area (Å²) in [5.41, 5.74) is 4.32. The van der Waals surface area contributed by atoms with E-state index in [0.717, 1.165) is 19.4 Å². The highest BCUT2D eigenvalue weighted by atomic mass is 15.2. The molecule has 22 heavy (non-hydrogen) atoms. The number of nitrogens with zero attached hydrogens (tertiary/aromatic N) is 2. The summed E-state index contributed by atoms with van der Waals surface area (Å²) < 4.78 is 0. The van der Waals surface area contributed by atoms with Gasteiger partial charge in [0, 0.05) is 17.8 Å². The molecule has 0 saturated heterocycles. The van der Waals surface area contributed by atoms with Gasteiger partial charge in [-0.25, -0.2) is 0 Å². The first kappa shape index (κ1) is 13.7. The summed E-state index contributed by atoms with van der Waals surface area (Å²) >= 11 is 0. The summed E-state index contributed by atoms with van der Waals surface area (Å²) in [7, 11) is 0. The highest BCUT2D eigenvalue weighted by Crippen LogP contribution is 2.51. The zero-order chi connectivity index (χ0) is 15.2. The first-order valence-electron chi connectivity index (χ1n) is 8.18. The predicted molar refractivity (Wildman–Crippen MR) is 89.9 cm³/mol. The van der Waals surface area contributed by atoms with Crippen LogP contribution in [-0.4, -0.2) is 12.1 Å². The normalized spacial score (nSPS) is 36.1. The van der Waals surface area contributed by atoms with Gasteiger partial charge in [0.05, 0.1) is 12.1 Å². The number of hydrogen-bond donors (Lipinski definition) is 0. The van der Waals surface area contributed by atoms with Gasteiger partial charge in [-0.3, -0.25) is 0 Å². The van der Waals surface area contributed by atoms with Crippen molar-refractivity contribution in [2.45, 2.75) is 31.2 Å². The molecule has 2 nitrogen and oxygen atoms in total. The van der Waals surface area contributed by atoms with Crippen molar-refractivity contribution in [3.8, 4) is 0 Å². The lowest BCUT2D eigenvalue weighted by atomic mass is 9.62. The Morgan fingerprint density at radius 2 is 2.09 bits per heavy atom. The van der Waals surface area contributed by atoms with Crippen LogP contribution in [0.15, 0.2) is 76.5 Å². The maximum absolute atomic E-state index is 4.57. The highest BCUT2D eigenvalue weighted by Gasteiger charge is 2.48. The smallest absolute Gasteiger partial charge is 0.0883 e. The van der Waals surface area contributed by atoms with Gasteiger partial charge in [-0.15, -0.1) is 6.58 Å². The van der Waals surface area contributed by atoms with Gasteiger partial charge in [-0.1, -0.05) is 48.6 Å². The van der Waals surface area contributed by atoms with Gasteiger partial charge in [0.2, 0.25) is 0 Å². The first-order chi connectivity index (χ1) is 10.7. The quantitative estimate of drug-likeness (QED) is 0.679. The molecule has 4 rings (SSSR count). The third-order valence-corrected chi connectivity index (χ3v) is 5.57. The lowest BCUT2D eigenvalue weighted by Gasteiger charge is -2.42. The summed E-state index contributed by atoms with van der Waals surface area (Å²) in [5, 5.41) is 8.92. The fourth-order valence-corrected chi connectivity index (χ4v) is 4.33. The van der Waals surface area contributed by atoms with Crippen molar-refractivity contribution in [2.75, 3.05) is 6.54 Å². The molecule has 2 aliphatic carbocycles. The summed E-state index contributed by atoms with van der Waals surface area (Å²) in [6.07, 6.45) is 9.14. The number of azo groups is 1. The van der Waals surface area contributed by atoms with E-state index in [4.69, 9.17) is 0 Å². The number of hydrogen-bond acceptors (Lipinski definition) is 2. The van der Waals surface area contributed by atoms with E-state index < -0.39 is 0 Å². The van der Waals surface area contributed by atoms with Crippen molar-refractivity contribution in [3.63, 3.8) is 0 Å². The lowest BCUT2D eigenvalue weighted by Crippen LogP contribution is -2.42. The maximum Gasteiger partial charge on any atom is 0.0883 e. The van der Waals surface area contributed by atoms with E-state index in [1.807, 2.05) is 0 Å². The third kappa shape index (κ3) is 2.01. The van der Waals surface area contributed by atoms with Crippen LogP contribution in [0.3, 0.4) is 0 Å². The molecule has 1 aromatic rings. The molecule has 1 saturated carbocycles. The molecule has 112 valence electrons. The Morgan fingerprint density at radius 3 is 2.86 bits per heavy atom. The minimum absolute atomic E-state index is 0.0262. The van der Waals surface area contributed by atoms with Crippen molar-refractivity contribution in [3.05, 3.63) is 71.8 Å². The summed E-state index contributed by atoms with van der Waals surface area (Å²) in [5.74, 6) is 1.34. The van der Waals surface area contributed by atoms with Crippen LogP contribution >= 0.6 is 0 Å². The van der Waals surface area contributed by atoms with E-state index in [1.54, 1.807) is 0 Å². The summed E-state index contributed by atoms with van der Waals surface area (Å²) in [6, 6.07) is 10.8. The molecule has 3 unspecified atom stereocenters. The van der Waals surface area contributed by atoms with E-state index in [-0.39, 0.29) is 5.54 Å². The van der Waals surface area contributed by atoms with Crippen molar-refractivity contribution in [1.29, 1.82) is 0 Å². The Balaban J connectivity index is 1.72. The topological polar surface area (TPSA) is 24.7 Å². The number of fused-ring (bicyclic) bond motifs is 2. The minimum atomic E-state index is -0.0262. The van der Waals surface area contributed by atoms with E-state index >= 15 is 0 Å². The Hall–Kier alpha value is -1.96. The molecule has 3 aliphatic rings. The molecule has 0 amide bonds. The second-order valence-electron chi connectivity index (χ2n) is 6.93. The monoisotopic (exact) mass is 290 g/mol. The van der Waals surface area contributed by atoms with Crippen LogP contribution in [0.2, 0.25) is 0 Å². The fraction of sp³-hybridized carbons (Fsp3) is 0.400. The third-order valence-electron chi connectivity index (χ3n) is 5.57. The molecule has 0 N–H and O–H groups in total. The second kappa shape index (κ2) is 5.05. The van der Waals surface area contributed by atoms with Gasteiger partial charge in [0.1, 0.15) is 0 Å². The van der Waals surface area contributed by atoms with E-state index in [9.17, 15) is 0 Å².